The summed E-state index contributed by atoms with van der Waals surface area (Å²) in [6, 6.07) is 10.0. The van der Waals surface area contributed by atoms with Crippen LogP contribution in [0.25, 0.3) is 0 Å². The minimum absolute atomic E-state index is 0.103. The van der Waals surface area contributed by atoms with Crippen molar-refractivity contribution in [1.82, 2.24) is 16.0 Å². The van der Waals surface area contributed by atoms with E-state index in [1.54, 1.807) is 0 Å². The molecule has 0 heterocycles. The topological polar surface area (TPSA) is 70.2 Å². The van der Waals surface area contributed by atoms with Gasteiger partial charge in [0.2, 0.25) is 5.91 Å². The third-order valence-corrected chi connectivity index (χ3v) is 5.24. The quantitative estimate of drug-likeness (QED) is 0.751. The lowest BCUT2D eigenvalue weighted by atomic mass is 9.78. The molecule has 0 saturated heterocycles. The van der Waals surface area contributed by atoms with Gasteiger partial charge in [0, 0.05) is 18.0 Å². The Bertz CT molecular complexity index is 578. The van der Waals surface area contributed by atoms with E-state index in [0.717, 1.165) is 32.2 Å². The van der Waals surface area contributed by atoms with E-state index in [1.807, 2.05) is 13.0 Å². The number of amides is 3. The van der Waals surface area contributed by atoms with Gasteiger partial charge in [-0.25, -0.2) is 4.79 Å². The van der Waals surface area contributed by atoms with E-state index in [4.69, 9.17) is 0 Å². The predicted molar refractivity (Wildman–Crippen MR) is 93.7 cm³/mol. The Hall–Kier alpha value is -1.88. The van der Waals surface area contributed by atoms with Crippen LogP contribution in [0.1, 0.15) is 51.0 Å². The van der Waals surface area contributed by atoms with Crippen LogP contribution in [-0.2, 0) is 10.2 Å². The summed E-state index contributed by atoms with van der Waals surface area (Å²) >= 11 is 0. The van der Waals surface area contributed by atoms with Crippen LogP contribution in [0.5, 0.6) is 0 Å². The molecule has 0 aromatic heterocycles. The fraction of sp³-hybridized carbons (Fsp3) is 0.579. The number of hydrogen-bond acceptors (Lipinski definition) is 3. The highest BCUT2D eigenvalue weighted by molar-refractivity contribution is 5.96. The van der Waals surface area contributed by atoms with Gasteiger partial charge in [0.25, 0.3) is 0 Å². The van der Waals surface area contributed by atoms with Crippen molar-refractivity contribution in [2.45, 2.75) is 62.9 Å². The Morgan fingerprint density at radius 2 is 1.83 bits per heavy atom. The largest absolute Gasteiger partial charge is 0.335 e. The average Bonchev–Trinajstić information content (AvgIpc) is 3.26. The number of nitrogens with one attached hydrogen (secondary N) is 3. The SMILES string of the molecule is CC(NCC1(c2ccccc2)CCCC1)C(=O)NC(=O)NC1CC1. The van der Waals surface area contributed by atoms with Gasteiger partial charge in [-0.05, 0) is 38.2 Å². The van der Waals surface area contributed by atoms with Gasteiger partial charge < -0.3 is 10.6 Å². The van der Waals surface area contributed by atoms with Gasteiger partial charge in [0.1, 0.15) is 0 Å². The van der Waals surface area contributed by atoms with Gasteiger partial charge in [-0.15, -0.1) is 0 Å². The molecule has 3 N–H and O–H groups in total. The van der Waals surface area contributed by atoms with E-state index < -0.39 is 6.04 Å². The minimum Gasteiger partial charge on any atom is -0.335 e. The average molecular weight is 329 g/mol. The Kier molecular flexibility index (Phi) is 5.19. The van der Waals surface area contributed by atoms with E-state index in [9.17, 15) is 9.59 Å². The lowest BCUT2D eigenvalue weighted by Crippen LogP contribution is -2.50. The fourth-order valence-electron chi connectivity index (χ4n) is 3.52. The van der Waals surface area contributed by atoms with Gasteiger partial charge in [-0.3, -0.25) is 10.1 Å². The molecule has 3 rings (SSSR count). The molecule has 1 aromatic rings. The lowest BCUT2D eigenvalue weighted by molar-refractivity contribution is -0.121. The van der Waals surface area contributed by atoms with Gasteiger partial charge in [-0.1, -0.05) is 43.2 Å². The molecule has 0 aliphatic heterocycles. The molecule has 0 bridgehead atoms. The summed E-state index contributed by atoms with van der Waals surface area (Å²) < 4.78 is 0. The first kappa shape index (κ1) is 17.0. The second kappa shape index (κ2) is 7.34. The highest BCUT2D eigenvalue weighted by Crippen LogP contribution is 2.40. The van der Waals surface area contributed by atoms with Gasteiger partial charge in [-0.2, -0.15) is 0 Å². The Morgan fingerprint density at radius 3 is 2.46 bits per heavy atom. The Labute approximate surface area is 143 Å². The normalized spacial score (nSPS) is 20.4. The molecule has 0 radical (unpaired) electrons. The predicted octanol–water partition coefficient (Wildman–Crippen LogP) is 2.46. The van der Waals surface area contributed by atoms with Crippen molar-refractivity contribution in [3.63, 3.8) is 0 Å². The first-order chi connectivity index (χ1) is 11.6. The summed E-state index contributed by atoms with van der Waals surface area (Å²) in [5.74, 6) is -0.269. The van der Waals surface area contributed by atoms with Crippen LogP contribution < -0.4 is 16.0 Å². The summed E-state index contributed by atoms with van der Waals surface area (Å²) in [5.41, 5.74) is 1.44. The summed E-state index contributed by atoms with van der Waals surface area (Å²) in [4.78, 5) is 23.8. The Morgan fingerprint density at radius 1 is 1.17 bits per heavy atom. The first-order valence-corrected chi connectivity index (χ1v) is 8.99. The molecular weight excluding hydrogens is 302 g/mol. The van der Waals surface area contributed by atoms with Gasteiger partial charge in [0.05, 0.1) is 6.04 Å². The lowest BCUT2D eigenvalue weighted by Gasteiger charge is -2.31. The highest BCUT2D eigenvalue weighted by atomic mass is 16.2. The van der Waals surface area contributed by atoms with Crippen LogP contribution in [0.2, 0.25) is 0 Å². The standard InChI is InChI=1S/C19H27N3O2/c1-14(17(23)22-18(24)21-16-9-10-16)20-13-19(11-5-6-12-19)15-7-3-2-4-8-15/h2-4,7-8,14,16,20H,5-6,9-13H2,1H3,(H2,21,22,23,24). The smallest absolute Gasteiger partial charge is 0.321 e. The minimum atomic E-state index is -0.392. The number of imide groups is 1. The maximum Gasteiger partial charge on any atom is 0.321 e. The number of urea groups is 1. The van der Waals surface area contributed by atoms with Crippen molar-refractivity contribution in [2.75, 3.05) is 6.54 Å². The van der Waals surface area contributed by atoms with Crippen molar-refractivity contribution in [1.29, 1.82) is 0 Å². The molecule has 5 heteroatoms. The van der Waals surface area contributed by atoms with Crippen molar-refractivity contribution in [2.24, 2.45) is 0 Å². The zero-order valence-corrected chi connectivity index (χ0v) is 14.3. The van der Waals surface area contributed by atoms with Crippen molar-refractivity contribution < 1.29 is 9.59 Å². The van der Waals surface area contributed by atoms with Crippen LogP contribution in [0.3, 0.4) is 0 Å². The molecule has 130 valence electrons. The fourth-order valence-corrected chi connectivity index (χ4v) is 3.52. The molecule has 24 heavy (non-hydrogen) atoms. The van der Waals surface area contributed by atoms with E-state index >= 15 is 0 Å². The van der Waals surface area contributed by atoms with E-state index in [0.29, 0.717) is 0 Å². The maximum atomic E-state index is 12.2. The second-order valence-corrected chi connectivity index (χ2v) is 7.19. The summed E-state index contributed by atoms with van der Waals surface area (Å²) in [7, 11) is 0. The molecule has 2 saturated carbocycles. The number of benzene rings is 1. The number of hydrogen-bond donors (Lipinski definition) is 3. The number of carbonyl (C=O) groups is 2. The summed E-state index contributed by atoms with van der Waals surface area (Å²) in [6.07, 6.45) is 6.74. The summed E-state index contributed by atoms with van der Waals surface area (Å²) in [5, 5.41) is 8.54. The van der Waals surface area contributed by atoms with Crippen LogP contribution in [-0.4, -0.2) is 30.6 Å². The molecule has 3 amide bonds. The Balaban J connectivity index is 1.54. The third-order valence-electron chi connectivity index (χ3n) is 5.24. The third kappa shape index (κ3) is 4.15. The van der Waals surface area contributed by atoms with Crippen molar-refractivity contribution in [3.8, 4) is 0 Å². The zero-order valence-electron chi connectivity index (χ0n) is 14.3. The van der Waals surface area contributed by atoms with E-state index in [-0.39, 0.29) is 23.4 Å². The molecular formula is C19H27N3O2. The first-order valence-electron chi connectivity index (χ1n) is 8.99. The van der Waals surface area contributed by atoms with Crippen molar-refractivity contribution >= 4 is 11.9 Å². The zero-order chi connectivity index (χ0) is 17.0. The molecule has 5 nitrogen and oxygen atoms in total. The molecule has 1 atom stereocenters. The van der Waals surface area contributed by atoms with E-state index in [2.05, 4.69) is 40.2 Å². The molecule has 1 aromatic carbocycles. The maximum absolute atomic E-state index is 12.2. The molecule has 1 unspecified atom stereocenters. The van der Waals surface area contributed by atoms with Gasteiger partial charge in [0.15, 0.2) is 0 Å². The molecule has 0 spiro atoms. The van der Waals surface area contributed by atoms with Crippen molar-refractivity contribution in [3.05, 3.63) is 35.9 Å². The molecule has 2 aliphatic carbocycles. The van der Waals surface area contributed by atoms with Crippen LogP contribution in [0.4, 0.5) is 4.79 Å². The van der Waals surface area contributed by atoms with Crippen LogP contribution >= 0.6 is 0 Å². The van der Waals surface area contributed by atoms with Crippen LogP contribution in [0, 0.1) is 0 Å². The second-order valence-electron chi connectivity index (χ2n) is 7.19. The highest BCUT2D eigenvalue weighted by Gasteiger charge is 2.36. The summed E-state index contributed by atoms with van der Waals surface area (Å²) in [6.45, 7) is 2.57. The number of rotatable bonds is 6. The molecule has 2 aliphatic rings. The van der Waals surface area contributed by atoms with Crippen LogP contribution in [0.15, 0.2) is 30.3 Å². The van der Waals surface area contributed by atoms with Gasteiger partial charge >= 0.3 is 6.03 Å². The number of carbonyl (C=O) groups excluding carboxylic acids is 2. The van der Waals surface area contributed by atoms with E-state index in [1.165, 1.54) is 18.4 Å². The monoisotopic (exact) mass is 329 g/mol. The molecule has 2 fully saturated rings.